The number of nitrogen functional groups attached to an aromatic ring is 1. The number of halogens is 2. The van der Waals surface area contributed by atoms with Crippen LogP contribution in [0.1, 0.15) is 57.4 Å². The maximum absolute atomic E-state index is 13.5. The molecule has 0 saturated carbocycles. The van der Waals surface area contributed by atoms with Gasteiger partial charge in [0.05, 0.1) is 11.6 Å². The van der Waals surface area contributed by atoms with Crippen molar-refractivity contribution in [2.75, 3.05) is 5.73 Å². The molecule has 3 nitrogen and oxygen atoms in total. The molecule has 0 heterocycles. The number of nitrogens with two attached hydrogens (primary N) is 1. The van der Waals surface area contributed by atoms with Crippen molar-refractivity contribution >= 4 is 11.7 Å². The molecule has 0 bridgehead atoms. The fourth-order valence-corrected chi connectivity index (χ4v) is 2.60. The van der Waals surface area contributed by atoms with E-state index in [9.17, 15) is 18.7 Å². The molecule has 0 fully saturated rings. The van der Waals surface area contributed by atoms with E-state index in [1.807, 2.05) is 0 Å². The lowest BCUT2D eigenvalue weighted by molar-refractivity contribution is -0.140. The van der Waals surface area contributed by atoms with Crippen molar-refractivity contribution in [2.24, 2.45) is 5.92 Å². The molecule has 0 saturated heterocycles. The lowest BCUT2D eigenvalue weighted by atomic mass is 9.83. The first-order valence-corrected chi connectivity index (χ1v) is 7.35. The fraction of sp³-hybridized carbons (Fsp3) is 0.562. The van der Waals surface area contributed by atoms with Crippen LogP contribution in [-0.4, -0.2) is 11.1 Å². The summed E-state index contributed by atoms with van der Waals surface area (Å²) in [7, 11) is 0. The van der Waals surface area contributed by atoms with Crippen LogP contribution in [0.25, 0.3) is 0 Å². The molecule has 1 rings (SSSR count). The molecule has 21 heavy (non-hydrogen) atoms. The predicted molar refractivity (Wildman–Crippen MR) is 79.1 cm³/mol. The molecule has 0 aliphatic heterocycles. The molecular formula is C16H23F2NO2. The molecule has 1 aromatic carbocycles. The van der Waals surface area contributed by atoms with Crippen molar-refractivity contribution in [3.8, 4) is 0 Å². The van der Waals surface area contributed by atoms with Gasteiger partial charge in [-0.05, 0) is 24.0 Å². The first-order valence-electron chi connectivity index (χ1n) is 7.35. The standard InChI is InChI=1S/C16H23F2NO2/c1-3-4-5-6-7-10(2)14(16(20)21)12-8-11(17)9-13(18)15(12)19/h8-10,14H,3-7,19H2,1-2H3,(H,20,21). The molecule has 0 spiro atoms. The van der Waals surface area contributed by atoms with Gasteiger partial charge in [0.1, 0.15) is 11.6 Å². The Labute approximate surface area is 124 Å². The Bertz CT molecular complexity index is 491. The van der Waals surface area contributed by atoms with E-state index < -0.39 is 23.5 Å². The number of anilines is 1. The van der Waals surface area contributed by atoms with Crippen LogP contribution in [-0.2, 0) is 4.79 Å². The third-order valence-electron chi connectivity index (χ3n) is 3.81. The number of carboxylic acids is 1. The topological polar surface area (TPSA) is 63.3 Å². The maximum atomic E-state index is 13.5. The highest BCUT2D eigenvalue weighted by Crippen LogP contribution is 2.34. The van der Waals surface area contributed by atoms with E-state index in [1.54, 1.807) is 6.92 Å². The summed E-state index contributed by atoms with van der Waals surface area (Å²) in [5.74, 6) is -4.04. The van der Waals surface area contributed by atoms with Crippen LogP contribution >= 0.6 is 0 Å². The summed E-state index contributed by atoms with van der Waals surface area (Å²) in [4.78, 5) is 11.5. The third kappa shape index (κ3) is 4.69. The second-order valence-electron chi connectivity index (χ2n) is 5.53. The summed E-state index contributed by atoms with van der Waals surface area (Å²) in [6, 6.07) is 1.70. The van der Waals surface area contributed by atoms with Gasteiger partial charge in [-0.25, -0.2) is 8.78 Å². The first kappa shape index (κ1) is 17.4. The first-order chi connectivity index (χ1) is 9.88. The van der Waals surface area contributed by atoms with E-state index in [1.165, 1.54) is 0 Å². The molecule has 2 unspecified atom stereocenters. The summed E-state index contributed by atoms with van der Waals surface area (Å²) >= 11 is 0. The third-order valence-corrected chi connectivity index (χ3v) is 3.81. The Kier molecular flexibility index (Phi) is 6.59. The number of aliphatic carboxylic acids is 1. The Hall–Kier alpha value is -1.65. The van der Waals surface area contributed by atoms with Crippen molar-refractivity contribution in [3.05, 3.63) is 29.3 Å². The molecule has 118 valence electrons. The number of carbonyl (C=O) groups is 1. The van der Waals surface area contributed by atoms with Crippen molar-refractivity contribution < 1.29 is 18.7 Å². The van der Waals surface area contributed by atoms with Crippen LogP contribution in [0.2, 0.25) is 0 Å². The number of carboxylic acid groups (broad SMARTS) is 1. The zero-order valence-corrected chi connectivity index (χ0v) is 12.5. The van der Waals surface area contributed by atoms with Gasteiger partial charge in [0.15, 0.2) is 0 Å². The van der Waals surface area contributed by atoms with Gasteiger partial charge in [0, 0.05) is 6.07 Å². The summed E-state index contributed by atoms with van der Waals surface area (Å²) < 4.78 is 26.9. The predicted octanol–water partition coefficient (Wildman–Crippen LogP) is 4.32. The molecule has 2 atom stereocenters. The smallest absolute Gasteiger partial charge is 0.311 e. The zero-order valence-electron chi connectivity index (χ0n) is 12.5. The van der Waals surface area contributed by atoms with E-state index in [0.29, 0.717) is 12.5 Å². The Morgan fingerprint density at radius 3 is 2.52 bits per heavy atom. The highest BCUT2D eigenvalue weighted by molar-refractivity contribution is 5.79. The Morgan fingerprint density at radius 2 is 1.95 bits per heavy atom. The van der Waals surface area contributed by atoms with Gasteiger partial charge < -0.3 is 10.8 Å². The minimum Gasteiger partial charge on any atom is -0.481 e. The summed E-state index contributed by atoms with van der Waals surface area (Å²) in [5, 5.41) is 9.41. The Morgan fingerprint density at radius 1 is 1.29 bits per heavy atom. The lowest BCUT2D eigenvalue weighted by Gasteiger charge is -2.22. The maximum Gasteiger partial charge on any atom is 0.311 e. The molecule has 0 aromatic heterocycles. The van der Waals surface area contributed by atoms with Gasteiger partial charge >= 0.3 is 5.97 Å². The van der Waals surface area contributed by atoms with Crippen LogP contribution in [0.3, 0.4) is 0 Å². The van der Waals surface area contributed by atoms with E-state index in [0.717, 1.165) is 31.7 Å². The molecule has 0 aliphatic rings. The van der Waals surface area contributed by atoms with Crippen LogP contribution in [0.15, 0.2) is 12.1 Å². The minimum absolute atomic E-state index is 0.0305. The van der Waals surface area contributed by atoms with E-state index >= 15 is 0 Å². The number of hydrogen-bond acceptors (Lipinski definition) is 2. The number of benzene rings is 1. The monoisotopic (exact) mass is 299 g/mol. The van der Waals surface area contributed by atoms with Crippen molar-refractivity contribution in [1.82, 2.24) is 0 Å². The van der Waals surface area contributed by atoms with Crippen molar-refractivity contribution in [3.63, 3.8) is 0 Å². The van der Waals surface area contributed by atoms with Crippen molar-refractivity contribution in [2.45, 2.75) is 51.9 Å². The largest absolute Gasteiger partial charge is 0.481 e. The number of unbranched alkanes of at least 4 members (excludes halogenated alkanes) is 3. The molecule has 0 radical (unpaired) electrons. The highest BCUT2D eigenvalue weighted by atomic mass is 19.1. The van der Waals surface area contributed by atoms with Crippen LogP contribution < -0.4 is 5.73 Å². The molecule has 5 heteroatoms. The Balaban J connectivity index is 2.94. The quantitative estimate of drug-likeness (QED) is 0.555. The zero-order chi connectivity index (χ0) is 16.0. The number of hydrogen-bond donors (Lipinski definition) is 2. The lowest BCUT2D eigenvalue weighted by Crippen LogP contribution is -2.21. The van der Waals surface area contributed by atoms with Crippen LogP contribution in [0, 0.1) is 17.6 Å². The molecular weight excluding hydrogens is 276 g/mol. The molecule has 1 aromatic rings. The second kappa shape index (κ2) is 7.96. The summed E-state index contributed by atoms with van der Waals surface area (Å²) in [6.07, 6.45) is 4.81. The fourth-order valence-electron chi connectivity index (χ4n) is 2.60. The summed E-state index contributed by atoms with van der Waals surface area (Å²) in [6.45, 7) is 3.88. The van der Waals surface area contributed by atoms with Gasteiger partial charge in [-0.3, -0.25) is 4.79 Å². The SMILES string of the molecule is CCCCCCC(C)C(C(=O)O)c1cc(F)cc(F)c1N. The van der Waals surface area contributed by atoms with Gasteiger partial charge in [-0.15, -0.1) is 0 Å². The highest BCUT2D eigenvalue weighted by Gasteiger charge is 2.29. The average Bonchev–Trinajstić information content (AvgIpc) is 2.40. The van der Waals surface area contributed by atoms with Gasteiger partial charge in [-0.1, -0.05) is 39.5 Å². The van der Waals surface area contributed by atoms with Crippen LogP contribution in [0.4, 0.5) is 14.5 Å². The molecule has 3 N–H and O–H groups in total. The summed E-state index contributed by atoms with van der Waals surface area (Å²) in [5.41, 5.74) is 5.36. The van der Waals surface area contributed by atoms with Crippen molar-refractivity contribution in [1.29, 1.82) is 0 Å². The minimum atomic E-state index is -1.10. The second-order valence-corrected chi connectivity index (χ2v) is 5.53. The van der Waals surface area contributed by atoms with Gasteiger partial charge in [-0.2, -0.15) is 0 Å². The van der Waals surface area contributed by atoms with Gasteiger partial charge in [0.25, 0.3) is 0 Å². The number of rotatable bonds is 8. The van der Waals surface area contributed by atoms with E-state index in [2.05, 4.69) is 6.92 Å². The van der Waals surface area contributed by atoms with Gasteiger partial charge in [0.2, 0.25) is 0 Å². The van der Waals surface area contributed by atoms with E-state index in [4.69, 9.17) is 5.73 Å². The average molecular weight is 299 g/mol. The molecule has 0 aliphatic carbocycles. The normalized spacial score (nSPS) is 13.9. The van der Waals surface area contributed by atoms with Crippen LogP contribution in [0.5, 0.6) is 0 Å². The van der Waals surface area contributed by atoms with E-state index in [-0.39, 0.29) is 17.2 Å². The molecule has 0 amide bonds.